The van der Waals surface area contributed by atoms with Crippen molar-refractivity contribution in [2.24, 2.45) is 17.6 Å². The van der Waals surface area contributed by atoms with Gasteiger partial charge in [0.15, 0.2) is 0 Å². The van der Waals surface area contributed by atoms with E-state index in [1.807, 2.05) is 18.5 Å². The summed E-state index contributed by atoms with van der Waals surface area (Å²) in [6, 6.07) is 4.55. The molecule has 0 bridgehead atoms. The molecule has 3 unspecified atom stereocenters. The molecule has 0 saturated heterocycles. The molecule has 2 rings (SSSR count). The van der Waals surface area contributed by atoms with Crippen LogP contribution < -0.4 is 5.73 Å². The fourth-order valence-corrected chi connectivity index (χ4v) is 2.58. The molecule has 1 heterocycles. The van der Waals surface area contributed by atoms with E-state index in [4.69, 9.17) is 5.73 Å². The van der Waals surface area contributed by atoms with E-state index < -0.39 is 0 Å². The molecule has 0 aromatic carbocycles. The summed E-state index contributed by atoms with van der Waals surface area (Å²) in [5, 5.41) is 0. The van der Waals surface area contributed by atoms with Gasteiger partial charge in [0.05, 0.1) is 0 Å². The van der Waals surface area contributed by atoms with Gasteiger partial charge in [0.25, 0.3) is 0 Å². The molecule has 2 heteroatoms. The fraction of sp³-hybridized carbons (Fsp3) is 0.615. The molecule has 2 N–H and O–H groups in total. The highest BCUT2D eigenvalue weighted by Gasteiger charge is 2.25. The van der Waals surface area contributed by atoms with E-state index in [9.17, 15) is 0 Å². The van der Waals surface area contributed by atoms with Crippen LogP contribution in [0.4, 0.5) is 0 Å². The van der Waals surface area contributed by atoms with Gasteiger partial charge in [-0.1, -0.05) is 13.0 Å². The van der Waals surface area contributed by atoms with E-state index in [0.717, 1.165) is 12.3 Å². The standard InChI is InChI=1S/C13H20N2/c1-10-4-5-13(14)12(7-10)8-11-3-2-6-15-9-11/h2-3,6,9-10,12-13H,4-5,7-8,14H2,1H3. The van der Waals surface area contributed by atoms with Crippen LogP contribution in [0.5, 0.6) is 0 Å². The van der Waals surface area contributed by atoms with Gasteiger partial charge >= 0.3 is 0 Å². The third-order valence-electron chi connectivity index (χ3n) is 3.52. The first-order valence-electron chi connectivity index (χ1n) is 5.90. The smallest absolute Gasteiger partial charge is 0.0299 e. The topological polar surface area (TPSA) is 38.9 Å². The number of nitrogens with two attached hydrogens (primary N) is 1. The van der Waals surface area contributed by atoms with Crippen molar-refractivity contribution in [1.82, 2.24) is 4.98 Å². The van der Waals surface area contributed by atoms with Gasteiger partial charge in [-0.15, -0.1) is 0 Å². The maximum Gasteiger partial charge on any atom is 0.0299 e. The monoisotopic (exact) mass is 204 g/mol. The molecule has 1 aliphatic rings. The van der Waals surface area contributed by atoms with E-state index in [-0.39, 0.29) is 0 Å². The van der Waals surface area contributed by atoms with E-state index >= 15 is 0 Å². The van der Waals surface area contributed by atoms with E-state index in [1.54, 1.807) is 0 Å². The summed E-state index contributed by atoms with van der Waals surface area (Å²) in [5.74, 6) is 1.49. The average molecular weight is 204 g/mol. The molecule has 3 atom stereocenters. The van der Waals surface area contributed by atoms with Crippen molar-refractivity contribution in [3.63, 3.8) is 0 Å². The highest BCUT2D eigenvalue weighted by Crippen LogP contribution is 2.30. The molecule has 1 saturated carbocycles. The predicted octanol–water partition coefficient (Wildman–Crippen LogP) is 2.39. The van der Waals surface area contributed by atoms with Crippen LogP contribution in [0.2, 0.25) is 0 Å². The van der Waals surface area contributed by atoms with Crippen molar-refractivity contribution in [2.45, 2.75) is 38.6 Å². The second kappa shape index (κ2) is 4.75. The van der Waals surface area contributed by atoms with Crippen molar-refractivity contribution in [1.29, 1.82) is 0 Å². The van der Waals surface area contributed by atoms with Crippen LogP contribution in [0.15, 0.2) is 24.5 Å². The molecule has 1 fully saturated rings. The second-order valence-corrected chi connectivity index (χ2v) is 4.91. The van der Waals surface area contributed by atoms with Gasteiger partial charge in [0, 0.05) is 18.4 Å². The Balaban J connectivity index is 1.98. The Kier molecular flexibility index (Phi) is 3.37. The third-order valence-corrected chi connectivity index (χ3v) is 3.52. The number of rotatable bonds is 2. The van der Waals surface area contributed by atoms with Crippen LogP contribution in [-0.4, -0.2) is 11.0 Å². The molecule has 0 radical (unpaired) electrons. The zero-order chi connectivity index (χ0) is 10.7. The van der Waals surface area contributed by atoms with Crippen LogP contribution >= 0.6 is 0 Å². The van der Waals surface area contributed by atoms with Gasteiger partial charge in [0.2, 0.25) is 0 Å². The van der Waals surface area contributed by atoms with E-state index in [1.165, 1.54) is 24.8 Å². The summed E-state index contributed by atoms with van der Waals surface area (Å²) >= 11 is 0. The lowest BCUT2D eigenvalue weighted by atomic mass is 9.76. The quantitative estimate of drug-likeness (QED) is 0.803. The number of aromatic nitrogens is 1. The molecule has 0 spiro atoms. The van der Waals surface area contributed by atoms with Crippen molar-refractivity contribution in [3.8, 4) is 0 Å². The lowest BCUT2D eigenvalue weighted by Gasteiger charge is -2.32. The maximum absolute atomic E-state index is 6.17. The van der Waals surface area contributed by atoms with Crippen LogP contribution in [0, 0.1) is 11.8 Å². The Morgan fingerprint density at radius 2 is 2.33 bits per heavy atom. The van der Waals surface area contributed by atoms with Gasteiger partial charge in [-0.2, -0.15) is 0 Å². The Hall–Kier alpha value is -0.890. The van der Waals surface area contributed by atoms with Crippen molar-refractivity contribution < 1.29 is 0 Å². The Bertz CT molecular complexity index is 297. The van der Waals surface area contributed by atoms with Crippen molar-refractivity contribution >= 4 is 0 Å². The Labute approximate surface area is 91.9 Å². The molecule has 1 aromatic rings. The minimum Gasteiger partial charge on any atom is -0.327 e. The summed E-state index contributed by atoms with van der Waals surface area (Å²) in [4.78, 5) is 4.15. The fourth-order valence-electron chi connectivity index (χ4n) is 2.58. The largest absolute Gasteiger partial charge is 0.327 e. The Morgan fingerprint density at radius 1 is 1.47 bits per heavy atom. The Morgan fingerprint density at radius 3 is 3.07 bits per heavy atom. The minimum atomic E-state index is 0.390. The SMILES string of the molecule is CC1CCC(N)C(Cc2cccnc2)C1. The molecular formula is C13H20N2. The summed E-state index contributed by atoms with van der Waals surface area (Å²) in [7, 11) is 0. The number of hydrogen-bond donors (Lipinski definition) is 1. The van der Waals surface area contributed by atoms with Crippen LogP contribution in [0.3, 0.4) is 0 Å². The summed E-state index contributed by atoms with van der Waals surface area (Å²) < 4.78 is 0. The molecule has 1 aromatic heterocycles. The zero-order valence-electron chi connectivity index (χ0n) is 9.39. The molecular weight excluding hydrogens is 184 g/mol. The van der Waals surface area contributed by atoms with Crippen LogP contribution in [0.25, 0.3) is 0 Å². The average Bonchev–Trinajstić information content (AvgIpc) is 2.25. The highest BCUT2D eigenvalue weighted by atomic mass is 14.7. The van der Waals surface area contributed by atoms with Gasteiger partial charge in [-0.05, 0) is 49.1 Å². The highest BCUT2D eigenvalue weighted by molar-refractivity contribution is 5.10. The third kappa shape index (κ3) is 2.78. The predicted molar refractivity (Wildman–Crippen MR) is 62.4 cm³/mol. The lowest BCUT2D eigenvalue weighted by Crippen LogP contribution is -2.36. The first-order chi connectivity index (χ1) is 7.25. The first kappa shape index (κ1) is 10.6. The summed E-state index contributed by atoms with van der Waals surface area (Å²) in [5.41, 5.74) is 7.49. The van der Waals surface area contributed by atoms with Gasteiger partial charge in [0.1, 0.15) is 0 Å². The van der Waals surface area contributed by atoms with Crippen LogP contribution in [0.1, 0.15) is 31.7 Å². The molecule has 82 valence electrons. The van der Waals surface area contributed by atoms with Crippen molar-refractivity contribution in [3.05, 3.63) is 30.1 Å². The van der Waals surface area contributed by atoms with Crippen LogP contribution in [-0.2, 0) is 6.42 Å². The molecule has 0 aliphatic heterocycles. The first-order valence-corrected chi connectivity index (χ1v) is 5.90. The molecule has 1 aliphatic carbocycles. The minimum absolute atomic E-state index is 0.390. The van der Waals surface area contributed by atoms with Gasteiger partial charge in [-0.3, -0.25) is 4.98 Å². The van der Waals surface area contributed by atoms with E-state index in [0.29, 0.717) is 12.0 Å². The lowest BCUT2D eigenvalue weighted by molar-refractivity contribution is 0.244. The van der Waals surface area contributed by atoms with Gasteiger partial charge < -0.3 is 5.73 Å². The second-order valence-electron chi connectivity index (χ2n) is 4.91. The number of hydrogen-bond acceptors (Lipinski definition) is 2. The number of pyridine rings is 1. The number of nitrogens with zero attached hydrogens (tertiary/aromatic N) is 1. The summed E-state index contributed by atoms with van der Waals surface area (Å²) in [6.07, 6.45) is 8.64. The normalized spacial score (nSPS) is 31.5. The van der Waals surface area contributed by atoms with E-state index in [2.05, 4.69) is 18.0 Å². The molecule has 2 nitrogen and oxygen atoms in total. The summed E-state index contributed by atoms with van der Waals surface area (Å²) in [6.45, 7) is 2.34. The van der Waals surface area contributed by atoms with Gasteiger partial charge in [-0.25, -0.2) is 0 Å². The maximum atomic E-state index is 6.17. The molecule has 15 heavy (non-hydrogen) atoms. The zero-order valence-corrected chi connectivity index (χ0v) is 9.39. The van der Waals surface area contributed by atoms with Crippen molar-refractivity contribution in [2.75, 3.05) is 0 Å². The molecule has 0 amide bonds.